The van der Waals surface area contributed by atoms with Crippen LogP contribution in [-0.4, -0.2) is 39.8 Å². The molecule has 2 aromatic carbocycles. The van der Waals surface area contributed by atoms with Crippen molar-refractivity contribution < 1.29 is 17.9 Å². The molecule has 0 bridgehead atoms. The van der Waals surface area contributed by atoms with E-state index in [0.29, 0.717) is 17.0 Å². The molecule has 134 valence electrons. The molecule has 2 aromatic rings. The first-order valence-electron chi connectivity index (χ1n) is 7.66. The van der Waals surface area contributed by atoms with E-state index in [-0.39, 0.29) is 10.8 Å². The summed E-state index contributed by atoms with van der Waals surface area (Å²) in [6.45, 7) is 3.66. The van der Waals surface area contributed by atoms with Crippen LogP contribution >= 0.6 is 0 Å². The van der Waals surface area contributed by atoms with Gasteiger partial charge in [0, 0.05) is 25.3 Å². The van der Waals surface area contributed by atoms with Crippen molar-refractivity contribution in [2.75, 3.05) is 26.5 Å². The highest BCUT2D eigenvalue weighted by Crippen LogP contribution is 2.24. The van der Waals surface area contributed by atoms with Crippen LogP contribution in [0.15, 0.2) is 41.3 Å². The van der Waals surface area contributed by atoms with Gasteiger partial charge in [0.1, 0.15) is 5.75 Å². The normalized spacial score (nSPS) is 11.4. The third kappa shape index (κ3) is 4.00. The van der Waals surface area contributed by atoms with E-state index in [9.17, 15) is 13.2 Å². The molecule has 25 heavy (non-hydrogen) atoms. The Balaban J connectivity index is 2.34. The number of amides is 1. The fourth-order valence-electron chi connectivity index (χ4n) is 2.32. The molecule has 0 atom stereocenters. The number of anilines is 1. The van der Waals surface area contributed by atoms with Crippen LogP contribution in [0.25, 0.3) is 0 Å². The standard InChI is InChI=1S/C18H22N2O4S/c1-12-6-8-15(25(22,23)20(3)4)11-16(12)19-18(21)14-7-9-17(24-5)13(2)10-14/h6-11H,1-5H3,(H,19,21). The molecule has 0 aliphatic carbocycles. The lowest BCUT2D eigenvalue weighted by Crippen LogP contribution is -2.22. The number of sulfonamides is 1. The minimum absolute atomic E-state index is 0.129. The number of benzene rings is 2. The maximum atomic E-state index is 12.5. The first kappa shape index (κ1) is 19.0. The molecule has 0 unspecified atom stereocenters. The van der Waals surface area contributed by atoms with Crippen LogP contribution < -0.4 is 10.1 Å². The van der Waals surface area contributed by atoms with Crippen molar-refractivity contribution >= 4 is 21.6 Å². The van der Waals surface area contributed by atoms with Gasteiger partial charge in [-0.05, 0) is 55.3 Å². The summed E-state index contributed by atoms with van der Waals surface area (Å²) in [6.07, 6.45) is 0. The average molecular weight is 362 g/mol. The van der Waals surface area contributed by atoms with Crippen LogP contribution in [0.4, 0.5) is 5.69 Å². The molecule has 0 aliphatic rings. The number of hydrogen-bond acceptors (Lipinski definition) is 4. The van der Waals surface area contributed by atoms with Gasteiger partial charge < -0.3 is 10.1 Å². The monoisotopic (exact) mass is 362 g/mol. The van der Waals surface area contributed by atoms with Gasteiger partial charge in [0.15, 0.2) is 0 Å². The Kier molecular flexibility index (Phi) is 5.49. The predicted molar refractivity (Wildman–Crippen MR) is 97.7 cm³/mol. The largest absolute Gasteiger partial charge is 0.496 e. The van der Waals surface area contributed by atoms with E-state index in [1.165, 1.54) is 26.2 Å². The summed E-state index contributed by atoms with van der Waals surface area (Å²) < 4.78 is 30.9. The first-order chi connectivity index (χ1) is 11.7. The third-order valence-corrected chi connectivity index (χ3v) is 5.70. The summed E-state index contributed by atoms with van der Waals surface area (Å²) in [6, 6.07) is 9.78. The van der Waals surface area contributed by atoms with Crippen LogP contribution in [0.3, 0.4) is 0 Å². The van der Waals surface area contributed by atoms with E-state index in [0.717, 1.165) is 15.4 Å². The Morgan fingerprint density at radius 1 is 1.04 bits per heavy atom. The second-order valence-electron chi connectivity index (χ2n) is 5.90. The van der Waals surface area contributed by atoms with Crippen molar-refractivity contribution in [3.05, 3.63) is 53.1 Å². The minimum Gasteiger partial charge on any atom is -0.496 e. The fraction of sp³-hybridized carbons (Fsp3) is 0.278. The van der Waals surface area contributed by atoms with Crippen molar-refractivity contribution in [1.82, 2.24) is 4.31 Å². The molecular weight excluding hydrogens is 340 g/mol. The summed E-state index contributed by atoms with van der Waals surface area (Å²) in [7, 11) is 0.936. The van der Waals surface area contributed by atoms with E-state index in [2.05, 4.69) is 5.32 Å². The Hall–Kier alpha value is -2.38. The minimum atomic E-state index is -3.57. The van der Waals surface area contributed by atoms with Gasteiger partial charge in [0.05, 0.1) is 12.0 Å². The fourth-order valence-corrected chi connectivity index (χ4v) is 3.25. The van der Waals surface area contributed by atoms with Crippen molar-refractivity contribution in [2.24, 2.45) is 0 Å². The van der Waals surface area contributed by atoms with E-state index in [1.807, 2.05) is 6.92 Å². The molecule has 1 N–H and O–H groups in total. The van der Waals surface area contributed by atoms with Crippen molar-refractivity contribution in [1.29, 1.82) is 0 Å². The van der Waals surface area contributed by atoms with Crippen LogP contribution in [0, 0.1) is 13.8 Å². The summed E-state index contributed by atoms with van der Waals surface area (Å²) in [5.41, 5.74) is 2.55. The lowest BCUT2D eigenvalue weighted by molar-refractivity contribution is 0.102. The highest BCUT2D eigenvalue weighted by atomic mass is 32.2. The maximum Gasteiger partial charge on any atom is 0.255 e. The predicted octanol–water partition coefficient (Wildman–Crippen LogP) is 2.81. The Labute approximate surface area is 148 Å². The number of methoxy groups -OCH3 is 1. The lowest BCUT2D eigenvalue weighted by Gasteiger charge is -2.15. The number of nitrogens with zero attached hydrogens (tertiary/aromatic N) is 1. The second kappa shape index (κ2) is 7.25. The zero-order chi connectivity index (χ0) is 18.8. The van der Waals surface area contributed by atoms with Gasteiger partial charge in [-0.3, -0.25) is 4.79 Å². The zero-order valence-electron chi connectivity index (χ0n) is 15.0. The molecule has 6 nitrogen and oxygen atoms in total. The van der Waals surface area contributed by atoms with Crippen molar-refractivity contribution in [3.63, 3.8) is 0 Å². The summed E-state index contributed by atoms with van der Waals surface area (Å²) >= 11 is 0. The van der Waals surface area contributed by atoms with Crippen LogP contribution in [-0.2, 0) is 10.0 Å². The molecule has 0 heterocycles. The van der Waals surface area contributed by atoms with Gasteiger partial charge in [-0.1, -0.05) is 6.07 Å². The Bertz CT molecular complexity index is 905. The Morgan fingerprint density at radius 3 is 2.28 bits per heavy atom. The quantitative estimate of drug-likeness (QED) is 0.887. The third-order valence-electron chi connectivity index (χ3n) is 3.89. The number of rotatable bonds is 5. The van der Waals surface area contributed by atoms with Gasteiger partial charge in [0.2, 0.25) is 10.0 Å². The maximum absolute atomic E-state index is 12.5. The topological polar surface area (TPSA) is 75.7 Å². The molecular formula is C18H22N2O4S. The first-order valence-corrected chi connectivity index (χ1v) is 9.10. The number of hydrogen-bond donors (Lipinski definition) is 1. The van der Waals surface area contributed by atoms with Gasteiger partial charge in [-0.25, -0.2) is 12.7 Å². The van der Waals surface area contributed by atoms with Crippen molar-refractivity contribution in [2.45, 2.75) is 18.7 Å². The molecule has 0 fully saturated rings. The smallest absolute Gasteiger partial charge is 0.255 e. The zero-order valence-corrected chi connectivity index (χ0v) is 15.8. The Morgan fingerprint density at radius 2 is 1.72 bits per heavy atom. The average Bonchev–Trinajstić information content (AvgIpc) is 2.56. The number of carbonyl (C=O) groups is 1. The van der Waals surface area contributed by atoms with Gasteiger partial charge >= 0.3 is 0 Å². The van der Waals surface area contributed by atoms with Gasteiger partial charge in [-0.2, -0.15) is 0 Å². The van der Waals surface area contributed by atoms with E-state index >= 15 is 0 Å². The molecule has 2 rings (SSSR count). The van der Waals surface area contributed by atoms with E-state index < -0.39 is 10.0 Å². The molecule has 0 aliphatic heterocycles. The molecule has 0 saturated carbocycles. The SMILES string of the molecule is COc1ccc(C(=O)Nc2cc(S(=O)(=O)N(C)C)ccc2C)cc1C. The van der Waals surface area contributed by atoms with Crippen LogP contribution in [0.5, 0.6) is 5.75 Å². The molecule has 0 aromatic heterocycles. The number of ether oxygens (including phenoxy) is 1. The van der Waals surface area contributed by atoms with Crippen LogP contribution in [0.2, 0.25) is 0 Å². The van der Waals surface area contributed by atoms with Gasteiger partial charge in [-0.15, -0.1) is 0 Å². The summed E-state index contributed by atoms with van der Waals surface area (Å²) in [4.78, 5) is 12.6. The number of aryl methyl sites for hydroxylation is 2. The number of carbonyl (C=O) groups excluding carboxylic acids is 1. The number of nitrogens with one attached hydrogen (secondary N) is 1. The highest BCUT2D eigenvalue weighted by molar-refractivity contribution is 7.89. The van der Waals surface area contributed by atoms with Crippen molar-refractivity contribution in [3.8, 4) is 5.75 Å². The molecule has 0 spiro atoms. The molecule has 0 saturated heterocycles. The highest BCUT2D eigenvalue weighted by Gasteiger charge is 2.19. The molecule has 1 amide bonds. The van der Waals surface area contributed by atoms with Gasteiger partial charge in [0.25, 0.3) is 5.91 Å². The molecule has 0 radical (unpaired) electrons. The molecule has 7 heteroatoms. The summed E-state index contributed by atoms with van der Waals surface area (Å²) in [5.74, 6) is 0.389. The summed E-state index contributed by atoms with van der Waals surface area (Å²) in [5, 5.41) is 2.78. The van der Waals surface area contributed by atoms with Crippen LogP contribution in [0.1, 0.15) is 21.5 Å². The lowest BCUT2D eigenvalue weighted by atomic mass is 10.1. The van der Waals surface area contributed by atoms with E-state index in [1.54, 1.807) is 38.3 Å². The second-order valence-corrected chi connectivity index (χ2v) is 8.05. The van der Waals surface area contributed by atoms with E-state index in [4.69, 9.17) is 4.74 Å².